The molecule has 1 unspecified atom stereocenters. The maximum atomic E-state index is 11.8. The molecular weight excluding hydrogens is 260 g/mol. The Morgan fingerprint density at radius 3 is 2.82 bits per heavy atom. The van der Waals surface area contributed by atoms with Crippen LogP contribution in [0, 0.1) is 0 Å². The van der Waals surface area contributed by atoms with Gasteiger partial charge in [0.15, 0.2) is 0 Å². The standard InChI is InChI=1S/C11H20N2O2S.ClH/c14-11(7-10-8-16-6-3-12-10)13-9-1-4-15-5-2-9;/h9-10,12H,1-8H2,(H,13,14);1H. The second-order valence-electron chi connectivity index (χ2n) is 4.38. The van der Waals surface area contributed by atoms with Gasteiger partial charge >= 0.3 is 0 Å². The van der Waals surface area contributed by atoms with Gasteiger partial charge in [-0.25, -0.2) is 0 Å². The second-order valence-corrected chi connectivity index (χ2v) is 5.53. The smallest absolute Gasteiger partial charge is 0.221 e. The van der Waals surface area contributed by atoms with E-state index >= 15 is 0 Å². The van der Waals surface area contributed by atoms with Crippen molar-refractivity contribution in [3.8, 4) is 0 Å². The number of amides is 1. The second kappa shape index (κ2) is 8.19. The summed E-state index contributed by atoms with van der Waals surface area (Å²) in [6.07, 6.45) is 2.53. The Hall–Kier alpha value is 0.0300. The van der Waals surface area contributed by atoms with Gasteiger partial charge in [-0.2, -0.15) is 11.8 Å². The quantitative estimate of drug-likeness (QED) is 0.803. The summed E-state index contributed by atoms with van der Waals surface area (Å²) in [6, 6.07) is 0.691. The molecule has 2 aliphatic heterocycles. The number of carbonyl (C=O) groups excluding carboxylic acids is 1. The summed E-state index contributed by atoms with van der Waals surface area (Å²) in [6.45, 7) is 2.59. The number of ether oxygens (including phenoxy) is 1. The third kappa shape index (κ3) is 5.46. The van der Waals surface area contributed by atoms with Crippen LogP contribution in [0.4, 0.5) is 0 Å². The first-order chi connectivity index (χ1) is 7.84. The fraction of sp³-hybridized carbons (Fsp3) is 0.909. The Morgan fingerprint density at radius 1 is 1.41 bits per heavy atom. The number of hydrogen-bond acceptors (Lipinski definition) is 4. The van der Waals surface area contributed by atoms with Crippen molar-refractivity contribution in [2.75, 3.05) is 31.3 Å². The van der Waals surface area contributed by atoms with Gasteiger partial charge < -0.3 is 15.4 Å². The molecule has 0 saturated carbocycles. The maximum Gasteiger partial charge on any atom is 0.221 e. The predicted molar refractivity (Wildman–Crippen MR) is 73.0 cm³/mol. The van der Waals surface area contributed by atoms with Crippen LogP contribution in [0.5, 0.6) is 0 Å². The molecule has 2 N–H and O–H groups in total. The first-order valence-electron chi connectivity index (χ1n) is 6.03. The molecule has 0 aromatic carbocycles. The molecule has 2 rings (SSSR count). The molecule has 1 atom stereocenters. The molecule has 0 aliphatic carbocycles. The number of carbonyl (C=O) groups is 1. The van der Waals surface area contributed by atoms with Crippen LogP contribution in [0.3, 0.4) is 0 Å². The van der Waals surface area contributed by atoms with E-state index in [4.69, 9.17) is 4.74 Å². The fourth-order valence-corrected chi connectivity index (χ4v) is 3.05. The number of thioether (sulfide) groups is 1. The van der Waals surface area contributed by atoms with Gasteiger partial charge in [-0.3, -0.25) is 4.79 Å². The number of nitrogens with one attached hydrogen (secondary N) is 2. The van der Waals surface area contributed by atoms with Crippen LogP contribution in [0.1, 0.15) is 19.3 Å². The average Bonchev–Trinajstić information content (AvgIpc) is 2.31. The molecule has 0 bridgehead atoms. The van der Waals surface area contributed by atoms with E-state index in [0.29, 0.717) is 18.5 Å². The Kier molecular flexibility index (Phi) is 7.27. The summed E-state index contributed by atoms with van der Waals surface area (Å²) in [5, 5.41) is 6.48. The highest BCUT2D eigenvalue weighted by Gasteiger charge is 2.20. The van der Waals surface area contributed by atoms with Crippen molar-refractivity contribution in [1.82, 2.24) is 10.6 Å². The number of hydrogen-bond donors (Lipinski definition) is 2. The van der Waals surface area contributed by atoms with Gasteiger partial charge in [0.1, 0.15) is 0 Å². The minimum Gasteiger partial charge on any atom is -0.381 e. The molecule has 4 nitrogen and oxygen atoms in total. The summed E-state index contributed by atoms with van der Waals surface area (Å²) >= 11 is 1.93. The van der Waals surface area contributed by atoms with Crippen LogP contribution < -0.4 is 10.6 Å². The van der Waals surface area contributed by atoms with E-state index in [2.05, 4.69) is 10.6 Å². The molecule has 0 aromatic heterocycles. The largest absolute Gasteiger partial charge is 0.381 e. The Morgan fingerprint density at radius 2 is 2.18 bits per heavy atom. The lowest BCUT2D eigenvalue weighted by molar-refractivity contribution is -0.122. The molecule has 6 heteroatoms. The van der Waals surface area contributed by atoms with Crippen LogP contribution in [0.2, 0.25) is 0 Å². The van der Waals surface area contributed by atoms with Crippen LogP contribution in [0.15, 0.2) is 0 Å². The average molecular weight is 281 g/mol. The van der Waals surface area contributed by atoms with E-state index in [9.17, 15) is 4.79 Å². The monoisotopic (exact) mass is 280 g/mol. The van der Waals surface area contributed by atoms with Gasteiger partial charge in [-0.15, -0.1) is 12.4 Å². The Balaban J connectivity index is 0.00000144. The molecule has 0 aromatic rings. The van der Waals surface area contributed by atoms with Crippen molar-refractivity contribution in [1.29, 1.82) is 0 Å². The molecular formula is C11H21ClN2O2S. The Labute approximate surface area is 113 Å². The fourth-order valence-electron chi connectivity index (χ4n) is 2.10. The van der Waals surface area contributed by atoms with Gasteiger partial charge in [0.05, 0.1) is 0 Å². The molecule has 2 fully saturated rings. The Bertz CT molecular complexity index is 210. The van der Waals surface area contributed by atoms with Crippen LogP contribution in [0.25, 0.3) is 0 Å². The van der Waals surface area contributed by atoms with Gasteiger partial charge in [0.2, 0.25) is 5.91 Å². The van der Waals surface area contributed by atoms with Crippen LogP contribution >= 0.6 is 24.2 Å². The molecule has 1 amide bonds. The van der Waals surface area contributed by atoms with Crippen molar-refractivity contribution in [3.63, 3.8) is 0 Å². The molecule has 17 heavy (non-hydrogen) atoms. The first kappa shape index (κ1) is 15.1. The summed E-state index contributed by atoms with van der Waals surface area (Å²) in [5.74, 6) is 2.41. The van der Waals surface area contributed by atoms with Crippen molar-refractivity contribution < 1.29 is 9.53 Å². The van der Waals surface area contributed by atoms with Crippen LogP contribution in [-0.4, -0.2) is 49.3 Å². The SMILES string of the molecule is Cl.O=C(CC1CSCCN1)NC1CCOCC1. The summed E-state index contributed by atoms with van der Waals surface area (Å²) in [5.41, 5.74) is 0. The molecule has 0 radical (unpaired) electrons. The number of rotatable bonds is 3. The molecule has 100 valence electrons. The van der Waals surface area contributed by atoms with Crippen molar-refractivity contribution >= 4 is 30.1 Å². The summed E-state index contributed by atoms with van der Waals surface area (Å²) in [7, 11) is 0. The lowest BCUT2D eigenvalue weighted by Gasteiger charge is -2.26. The van der Waals surface area contributed by atoms with E-state index in [1.165, 1.54) is 0 Å². The minimum atomic E-state index is 0. The van der Waals surface area contributed by atoms with Crippen molar-refractivity contribution in [3.05, 3.63) is 0 Å². The molecule has 2 heterocycles. The number of halogens is 1. The summed E-state index contributed by atoms with van der Waals surface area (Å²) in [4.78, 5) is 11.8. The zero-order valence-electron chi connectivity index (χ0n) is 9.94. The minimum absolute atomic E-state index is 0. The van der Waals surface area contributed by atoms with Crippen LogP contribution in [-0.2, 0) is 9.53 Å². The van der Waals surface area contributed by atoms with Gasteiger partial charge in [-0.05, 0) is 12.8 Å². The third-order valence-electron chi connectivity index (χ3n) is 3.02. The van der Waals surface area contributed by atoms with Gasteiger partial charge in [0, 0.05) is 49.8 Å². The molecule has 2 aliphatic rings. The highest BCUT2D eigenvalue weighted by atomic mass is 35.5. The van der Waals surface area contributed by atoms with E-state index in [1.807, 2.05) is 11.8 Å². The first-order valence-corrected chi connectivity index (χ1v) is 7.18. The highest BCUT2D eigenvalue weighted by Crippen LogP contribution is 2.11. The third-order valence-corrected chi connectivity index (χ3v) is 4.15. The predicted octanol–water partition coefficient (Wildman–Crippen LogP) is 0.798. The zero-order chi connectivity index (χ0) is 11.2. The maximum absolute atomic E-state index is 11.8. The van der Waals surface area contributed by atoms with Crippen molar-refractivity contribution in [2.45, 2.75) is 31.3 Å². The topological polar surface area (TPSA) is 50.4 Å². The normalized spacial score (nSPS) is 26.0. The van der Waals surface area contributed by atoms with Crippen molar-refractivity contribution in [2.24, 2.45) is 0 Å². The zero-order valence-corrected chi connectivity index (χ0v) is 11.6. The summed E-state index contributed by atoms with van der Waals surface area (Å²) < 4.78 is 5.26. The van der Waals surface area contributed by atoms with E-state index in [0.717, 1.165) is 44.1 Å². The molecule has 2 saturated heterocycles. The lowest BCUT2D eigenvalue weighted by atomic mass is 10.1. The van der Waals surface area contributed by atoms with E-state index in [-0.39, 0.29) is 18.3 Å². The lowest BCUT2D eigenvalue weighted by Crippen LogP contribution is -2.44. The molecule has 0 spiro atoms. The van der Waals surface area contributed by atoms with E-state index < -0.39 is 0 Å². The van der Waals surface area contributed by atoms with Gasteiger partial charge in [0.25, 0.3) is 0 Å². The van der Waals surface area contributed by atoms with Gasteiger partial charge in [-0.1, -0.05) is 0 Å². The highest BCUT2D eigenvalue weighted by molar-refractivity contribution is 7.99. The van der Waals surface area contributed by atoms with E-state index in [1.54, 1.807) is 0 Å².